The molecule has 0 radical (unpaired) electrons. The number of aryl methyl sites for hydroxylation is 1. The van der Waals surface area contributed by atoms with E-state index < -0.39 is 0 Å². The first-order chi connectivity index (χ1) is 11.8. The summed E-state index contributed by atoms with van der Waals surface area (Å²) in [5.74, 6) is 0.933. The second-order valence-corrected chi connectivity index (χ2v) is 5.96. The molecule has 1 aliphatic heterocycles. The number of rotatable bonds is 4. The Bertz CT molecular complexity index is 667. The van der Waals surface area contributed by atoms with Crippen LogP contribution in [0.15, 0.2) is 47.7 Å². The Morgan fingerprint density at radius 3 is 2.92 bits per heavy atom. The molecular formula is C18H25N5O. The van der Waals surface area contributed by atoms with Gasteiger partial charge in [0.2, 0.25) is 0 Å². The minimum atomic E-state index is 0.0418. The molecule has 0 aliphatic carbocycles. The van der Waals surface area contributed by atoms with E-state index >= 15 is 0 Å². The molecule has 1 aromatic heterocycles. The van der Waals surface area contributed by atoms with Gasteiger partial charge in [-0.15, -0.1) is 0 Å². The predicted octanol–water partition coefficient (Wildman–Crippen LogP) is 1.61. The fourth-order valence-corrected chi connectivity index (χ4v) is 2.95. The molecule has 1 atom stereocenters. The average molecular weight is 327 g/mol. The highest BCUT2D eigenvalue weighted by atomic mass is 16.5. The Morgan fingerprint density at radius 2 is 2.21 bits per heavy atom. The van der Waals surface area contributed by atoms with Crippen molar-refractivity contribution in [3.05, 3.63) is 53.9 Å². The molecule has 1 saturated heterocycles. The van der Waals surface area contributed by atoms with Crippen molar-refractivity contribution >= 4 is 5.96 Å². The highest BCUT2D eigenvalue weighted by molar-refractivity contribution is 5.80. The third-order valence-electron chi connectivity index (χ3n) is 4.21. The lowest BCUT2D eigenvalue weighted by atomic mass is 10.1. The smallest absolute Gasteiger partial charge is 0.193 e. The summed E-state index contributed by atoms with van der Waals surface area (Å²) in [5, 5.41) is 7.70. The number of aromatic nitrogens is 2. The molecule has 6 nitrogen and oxygen atoms in total. The van der Waals surface area contributed by atoms with Gasteiger partial charge in [0.25, 0.3) is 0 Å². The van der Waals surface area contributed by atoms with Crippen molar-refractivity contribution in [2.45, 2.75) is 12.5 Å². The van der Waals surface area contributed by atoms with E-state index in [1.165, 1.54) is 5.56 Å². The van der Waals surface area contributed by atoms with Gasteiger partial charge in [0.15, 0.2) is 5.96 Å². The minimum absolute atomic E-state index is 0.0418. The number of nitrogens with one attached hydrogen (secondary N) is 1. The van der Waals surface area contributed by atoms with Crippen LogP contribution in [0.2, 0.25) is 0 Å². The highest BCUT2D eigenvalue weighted by Crippen LogP contribution is 2.21. The first kappa shape index (κ1) is 16.5. The summed E-state index contributed by atoms with van der Waals surface area (Å²) in [6.07, 6.45) is 4.91. The zero-order valence-electron chi connectivity index (χ0n) is 14.4. The molecule has 1 N–H and O–H groups in total. The van der Waals surface area contributed by atoms with Gasteiger partial charge in [-0.25, -0.2) is 0 Å². The maximum absolute atomic E-state index is 5.90. The second-order valence-electron chi connectivity index (χ2n) is 5.96. The summed E-state index contributed by atoms with van der Waals surface area (Å²) in [4.78, 5) is 6.69. The fraction of sp³-hybridized carbons (Fsp3) is 0.444. The molecule has 0 amide bonds. The Morgan fingerprint density at radius 1 is 1.38 bits per heavy atom. The molecule has 2 heterocycles. The minimum Gasteiger partial charge on any atom is -0.370 e. The van der Waals surface area contributed by atoms with E-state index in [1.807, 2.05) is 37.2 Å². The lowest BCUT2D eigenvalue weighted by molar-refractivity contribution is -0.00800. The molecule has 1 aromatic carbocycles. The number of morpholine rings is 1. The maximum atomic E-state index is 5.90. The van der Waals surface area contributed by atoms with E-state index in [9.17, 15) is 0 Å². The number of ether oxygens (including phenoxy) is 1. The van der Waals surface area contributed by atoms with Crippen molar-refractivity contribution < 1.29 is 4.74 Å². The first-order valence-corrected chi connectivity index (χ1v) is 8.36. The lowest BCUT2D eigenvalue weighted by Gasteiger charge is -2.34. The van der Waals surface area contributed by atoms with Crippen molar-refractivity contribution in [3.8, 4) is 0 Å². The summed E-state index contributed by atoms with van der Waals surface area (Å²) >= 11 is 0. The molecule has 3 rings (SSSR count). The van der Waals surface area contributed by atoms with Crippen LogP contribution >= 0.6 is 0 Å². The molecule has 0 bridgehead atoms. The molecule has 2 aromatic rings. The van der Waals surface area contributed by atoms with Gasteiger partial charge in [0, 0.05) is 38.9 Å². The molecule has 128 valence electrons. The topological polar surface area (TPSA) is 54.7 Å². The molecule has 6 heteroatoms. The normalized spacial score (nSPS) is 18.7. The molecule has 0 spiro atoms. The van der Waals surface area contributed by atoms with Gasteiger partial charge in [-0.3, -0.25) is 9.67 Å². The second kappa shape index (κ2) is 7.97. The number of hydrogen-bond acceptors (Lipinski definition) is 3. The Hall–Kier alpha value is -2.34. The summed E-state index contributed by atoms with van der Waals surface area (Å²) in [6.45, 7) is 3.20. The maximum Gasteiger partial charge on any atom is 0.193 e. The standard InChI is InChI=1S/C18H25N5O/c1-19-18(20-9-8-15-6-4-3-5-7-15)23-10-11-24-17(14-23)16-12-21-22(2)13-16/h3-7,12-13,17H,8-11,14H2,1-2H3,(H,19,20). The first-order valence-electron chi connectivity index (χ1n) is 8.36. The molecular weight excluding hydrogens is 302 g/mol. The number of hydrogen-bond donors (Lipinski definition) is 1. The third-order valence-corrected chi connectivity index (χ3v) is 4.21. The van der Waals surface area contributed by atoms with Crippen LogP contribution in [0.1, 0.15) is 17.2 Å². The lowest BCUT2D eigenvalue weighted by Crippen LogP contribution is -2.48. The number of nitrogens with zero attached hydrogens (tertiary/aromatic N) is 4. The van der Waals surface area contributed by atoms with Crippen LogP contribution < -0.4 is 5.32 Å². The van der Waals surface area contributed by atoms with E-state index in [4.69, 9.17) is 4.74 Å². The van der Waals surface area contributed by atoms with E-state index in [2.05, 4.69) is 44.6 Å². The number of guanidine groups is 1. The molecule has 1 unspecified atom stereocenters. The highest BCUT2D eigenvalue weighted by Gasteiger charge is 2.24. The summed E-state index contributed by atoms with van der Waals surface area (Å²) in [6, 6.07) is 10.5. The van der Waals surface area contributed by atoms with Gasteiger partial charge in [0.05, 0.1) is 19.3 Å². The van der Waals surface area contributed by atoms with Crippen LogP contribution in [0, 0.1) is 0 Å². The zero-order valence-corrected chi connectivity index (χ0v) is 14.4. The SMILES string of the molecule is CN=C(NCCc1ccccc1)N1CCOC(c2cnn(C)c2)C1. The van der Waals surface area contributed by atoms with Crippen LogP contribution in [0.3, 0.4) is 0 Å². The number of benzene rings is 1. The van der Waals surface area contributed by atoms with Crippen molar-refractivity contribution in [1.29, 1.82) is 0 Å². The molecule has 24 heavy (non-hydrogen) atoms. The summed E-state index contributed by atoms with van der Waals surface area (Å²) in [7, 11) is 3.76. The van der Waals surface area contributed by atoms with Crippen molar-refractivity contribution in [2.75, 3.05) is 33.3 Å². The van der Waals surface area contributed by atoms with E-state index in [0.29, 0.717) is 6.61 Å². The van der Waals surface area contributed by atoms with E-state index in [0.717, 1.165) is 37.6 Å². The van der Waals surface area contributed by atoms with Crippen molar-refractivity contribution in [2.24, 2.45) is 12.0 Å². The fourth-order valence-electron chi connectivity index (χ4n) is 2.95. The van der Waals surface area contributed by atoms with Gasteiger partial charge in [-0.05, 0) is 12.0 Å². The van der Waals surface area contributed by atoms with Crippen LogP contribution in [0.5, 0.6) is 0 Å². The van der Waals surface area contributed by atoms with Gasteiger partial charge in [-0.2, -0.15) is 5.10 Å². The summed E-state index contributed by atoms with van der Waals surface area (Å²) in [5.41, 5.74) is 2.44. The third kappa shape index (κ3) is 4.14. The van der Waals surface area contributed by atoms with Crippen LogP contribution in [-0.4, -0.2) is 53.9 Å². The van der Waals surface area contributed by atoms with Crippen molar-refractivity contribution in [3.63, 3.8) is 0 Å². The van der Waals surface area contributed by atoms with Gasteiger partial charge >= 0.3 is 0 Å². The average Bonchev–Trinajstić information content (AvgIpc) is 3.06. The predicted molar refractivity (Wildman–Crippen MR) is 95.0 cm³/mol. The van der Waals surface area contributed by atoms with E-state index in [1.54, 1.807) is 0 Å². The monoisotopic (exact) mass is 327 g/mol. The van der Waals surface area contributed by atoms with Crippen LogP contribution in [-0.2, 0) is 18.2 Å². The Balaban J connectivity index is 1.55. The van der Waals surface area contributed by atoms with E-state index in [-0.39, 0.29) is 6.10 Å². The zero-order chi connectivity index (χ0) is 16.8. The van der Waals surface area contributed by atoms with Crippen LogP contribution in [0.4, 0.5) is 0 Å². The Kier molecular flexibility index (Phi) is 5.48. The molecule has 1 aliphatic rings. The van der Waals surface area contributed by atoms with Crippen molar-refractivity contribution in [1.82, 2.24) is 20.0 Å². The number of aliphatic imine (C=N–C) groups is 1. The molecule has 1 fully saturated rings. The largest absolute Gasteiger partial charge is 0.370 e. The van der Waals surface area contributed by atoms with Gasteiger partial charge in [0.1, 0.15) is 6.10 Å². The molecule has 0 saturated carbocycles. The van der Waals surface area contributed by atoms with Gasteiger partial charge < -0.3 is 15.0 Å². The quantitative estimate of drug-likeness (QED) is 0.685. The van der Waals surface area contributed by atoms with Crippen LogP contribution in [0.25, 0.3) is 0 Å². The van der Waals surface area contributed by atoms with Gasteiger partial charge in [-0.1, -0.05) is 30.3 Å². The summed E-state index contributed by atoms with van der Waals surface area (Å²) < 4.78 is 7.71. The Labute approximate surface area is 143 Å².